The van der Waals surface area contributed by atoms with Crippen LogP contribution in [0.4, 0.5) is 18.9 Å². The standard InChI is InChI=1S/C23H21F3N4O2S/c1-14(2)20-13-30(18-7-5-17(6-8-18)28-29-33(31)32)21-11-15(3-9-19(20)21)16-4-10-22(27-12-16)23(24,25)26/h3-14,28-29H,1-2H3,(H,31,32). The highest BCUT2D eigenvalue weighted by Crippen LogP contribution is 2.34. The zero-order valence-electron chi connectivity index (χ0n) is 17.7. The van der Waals surface area contributed by atoms with E-state index in [4.69, 9.17) is 4.55 Å². The van der Waals surface area contributed by atoms with Gasteiger partial charge < -0.3 is 9.99 Å². The second-order valence-corrected chi connectivity index (χ2v) is 8.50. The Hall–Kier alpha value is -3.21. The molecule has 3 N–H and O–H groups in total. The number of hydrogen-bond donors (Lipinski definition) is 3. The SMILES string of the molecule is CC(C)c1cn(-c2ccc(NNS(=O)O)cc2)c2cc(-c3ccc(C(F)(F)F)nc3)ccc12. The smallest absolute Gasteiger partial charge is 0.316 e. The molecule has 0 aliphatic rings. The molecule has 0 aliphatic carbocycles. The van der Waals surface area contributed by atoms with E-state index in [1.165, 1.54) is 12.3 Å². The van der Waals surface area contributed by atoms with Gasteiger partial charge in [-0.1, -0.05) is 32.0 Å². The first-order chi connectivity index (χ1) is 15.6. The quantitative estimate of drug-likeness (QED) is 0.241. The van der Waals surface area contributed by atoms with Gasteiger partial charge in [0.05, 0.1) is 5.52 Å². The van der Waals surface area contributed by atoms with Gasteiger partial charge in [-0.2, -0.15) is 13.2 Å². The molecule has 0 radical (unpaired) electrons. The van der Waals surface area contributed by atoms with Crippen LogP contribution in [0.15, 0.2) is 67.0 Å². The molecule has 172 valence electrons. The molecule has 33 heavy (non-hydrogen) atoms. The predicted molar refractivity (Wildman–Crippen MR) is 123 cm³/mol. The van der Waals surface area contributed by atoms with E-state index < -0.39 is 23.1 Å². The van der Waals surface area contributed by atoms with Crippen molar-refractivity contribution < 1.29 is 21.9 Å². The Bertz CT molecular complexity index is 1300. The van der Waals surface area contributed by atoms with E-state index in [1.54, 1.807) is 12.1 Å². The van der Waals surface area contributed by atoms with Gasteiger partial charge in [-0.15, -0.1) is 4.83 Å². The number of alkyl halides is 3. The molecule has 0 spiro atoms. The van der Waals surface area contributed by atoms with Crippen molar-refractivity contribution >= 4 is 27.9 Å². The number of anilines is 1. The number of rotatable bonds is 6. The molecule has 0 saturated carbocycles. The molecule has 2 aromatic carbocycles. The normalized spacial score (nSPS) is 12.9. The first-order valence-electron chi connectivity index (χ1n) is 10.0. The fourth-order valence-electron chi connectivity index (χ4n) is 3.65. The molecule has 1 unspecified atom stereocenters. The molecule has 6 nitrogen and oxygen atoms in total. The lowest BCUT2D eigenvalue weighted by atomic mass is 10.00. The number of hydrogen-bond acceptors (Lipinski definition) is 3. The minimum Gasteiger partial charge on any atom is -0.316 e. The van der Waals surface area contributed by atoms with Gasteiger partial charge >= 0.3 is 6.18 Å². The Morgan fingerprint density at radius 2 is 1.73 bits per heavy atom. The maximum atomic E-state index is 12.9. The molecule has 4 aromatic rings. The summed E-state index contributed by atoms with van der Waals surface area (Å²) in [7, 11) is 0. The third-order valence-corrected chi connectivity index (χ3v) is 5.55. The highest BCUT2D eigenvalue weighted by molar-refractivity contribution is 7.77. The molecular formula is C23H21F3N4O2S. The van der Waals surface area contributed by atoms with Gasteiger partial charge in [-0.3, -0.25) is 9.54 Å². The molecule has 0 fully saturated rings. The minimum absolute atomic E-state index is 0.261. The summed E-state index contributed by atoms with van der Waals surface area (Å²) >= 11 is -2.19. The van der Waals surface area contributed by atoms with Crippen LogP contribution in [-0.2, 0) is 17.4 Å². The summed E-state index contributed by atoms with van der Waals surface area (Å²) < 4.78 is 60.2. The second-order valence-electron chi connectivity index (χ2n) is 7.79. The average Bonchev–Trinajstić information content (AvgIpc) is 3.17. The van der Waals surface area contributed by atoms with Gasteiger partial charge in [0, 0.05) is 34.7 Å². The fraction of sp³-hybridized carbons (Fsp3) is 0.174. The van der Waals surface area contributed by atoms with Crippen molar-refractivity contribution in [3.63, 3.8) is 0 Å². The van der Waals surface area contributed by atoms with Crippen LogP contribution in [0.25, 0.3) is 27.7 Å². The fourth-order valence-corrected chi connectivity index (χ4v) is 3.85. The summed E-state index contributed by atoms with van der Waals surface area (Å²) in [5.74, 6) is 0.261. The Kier molecular flexibility index (Phi) is 6.24. The maximum absolute atomic E-state index is 12.9. The molecular weight excluding hydrogens is 453 g/mol. The van der Waals surface area contributed by atoms with Gasteiger partial charge in [-0.05, 0) is 53.4 Å². The summed E-state index contributed by atoms with van der Waals surface area (Å²) in [6.45, 7) is 4.20. The van der Waals surface area contributed by atoms with Crippen molar-refractivity contribution in [2.45, 2.75) is 25.9 Å². The lowest BCUT2D eigenvalue weighted by molar-refractivity contribution is -0.141. The van der Waals surface area contributed by atoms with Gasteiger partial charge in [0.2, 0.25) is 11.3 Å². The molecule has 0 bridgehead atoms. The van der Waals surface area contributed by atoms with Crippen molar-refractivity contribution in [1.82, 2.24) is 14.4 Å². The number of halogens is 3. The summed E-state index contributed by atoms with van der Waals surface area (Å²) in [6.07, 6.45) is -1.20. The third kappa shape index (κ3) is 4.92. The zero-order valence-corrected chi connectivity index (χ0v) is 18.5. The van der Waals surface area contributed by atoms with Gasteiger partial charge in [0.1, 0.15) is 5.69 Å². The van der Waals surface area contributed by atoms with Crippen LogP contribution < -0.4 is 10.3 Å². The number of benzene rings is 2. The number of pyridine rings is 1. The van der Waals surface area contributed by atoms with E-state index in [0.717, 1.165) is 33.8 Å². The van der Waals surface area contributed by atoms with E-state index in [0.29, 0.717) is 11.3 Å². The number of fused-ring (bicyclic) bond motifs is 1. The summed E-state index contributed by atoms with van der Waals surface area (Å²) in [4.78, 5) is 5.78. The largest absolute Gasteiger partial charge is 0.433 e. The van der Waals surface area contributed by atoms with Crippen LogP contribution >= 0.6 is 0 Å². The van der Waals surface area contributed by atoms with Gasteiger partial charge in [-0.25, -0.2) is 4.21 Å². The van der Waals surface area contributed by atoms with Crippen LogP contribution in [0.2, 0.25) is 0 Å². The molecule has 1 atom stereocenters. The molecule has 10 heteroatoms. The molecule has 0 aliphatic heterocycles. The van der Waals surface area contributed by atoms with Crippen LogP contribution in [-0.4, -0.2) is 18.3 Å². The summed E-state index contributed by atoms with van der Waals surface area (Å²) in [5.41, 5.74) is 6.58. The summed E-state index contributed by atoms with van der Waals surface area (Å²) in [6, 6.07) is 15.5. The van der Waals surface area contributed by atoms with Crippen molar-refractivity contribution in [1.29, 1.82) is 0 Å². The van der Waals surface area contributed by atoms with E-state index >= 15 is 0 Å². The van der Waals surface area contributed by atoms with Crippen LogP contribution in [0.1, 0.15) is 31.0 Å². The van der Waals surface area contributed by atoms with Crippen LogP contribution in [0.5, 0.6) is 0 Å². The average molecular weight is 475 g/mol. The van der Waals surface area contributed by atoms with E-state index in [-0.39, 0.29) is 5.92 Å². The highest BCUT2D eigenvalue weighted by Gasteiger charge is 2.32. The lowest BCUT2D eigenvalue weighted by Crippen LogP contribution is -2.23. The maximum Gasteiger partial charge on any atom is 0.433 e. The van der Waals surface area contributed by atoms with Crippen molar-refractivity contribution in [3.05, 3.63) is 78.2 Å². The number of nitrogens with one attached hydrogen (secondary N) is 2. The number of aromatic nitrogens is 2. The van der Waals surface area contributed by atoms with Gasteiger partial charge in [0.25, 0.3) is 0 Å². The Labute approximate surface area is 190 Å². The van der Waals surface area contributed by atoms with E-state index in [1.807, 2.05) is 41.1 Å². The molecule has 0 saturated heterocycles. The lowest BCUT2D eigenvalue weighted by Gasteiger charge is -2.10. The highest BCUT2D eigenvalue weighted by atomic mass is 32.2. The van der Waals surface area contributed by atoms with E-state index in [9.17, 15) is 17.4 Å². The second kappa shape index (κ2) is 8.97. The van der Waals surface area contributed by atoms with Gasteiger partial charge in [0.15, 0.2) is 0 Å². The monoisotopic (exact) mass is 474 g/mol. The molecule has 4 rings (SSSR count). The Morgan fingerprint density at radius 1 is 1.03 bits per heavy atom. The van der Waals surface area contributed by atoms with Crippen LogP contribution in [0.3, 0.4) is 0 Å². The number of nitrogens with zero attached hydrogens (tertiary/aromatic N) is 2. The summed E-state index contributed by atoms with van der Waals surface area (Å²) in [5, 5.41) is 1.05. The van der Waals surface area contributed by atoms with Crippen molar-refractivity contribution in [3.8, 4) is 16.8 Å². The third-order valence-electron chi connectivity index (χ3n) is 5.27. The zero-order chi connectivity index (χ0) is 23.8. The van der Waals surface area contributed by atoms with Crippen LogP contribution in [0, 0.1) is 0 Å². The molecule has 2 heterocycles. The molecule has 2 aromatic heterocycles. The first kappa shape index (κ1) is 23.0. The molecule has 0 amide bonds. The predicted octanol–water partition coefficient (Wildman–Crippen LogP) is 5.89. The Morgan fingerprint density at radius 3 is 2.30 bits per heavy atom. The van der Waals surface area contributed by atoms with Crippen molar-refractivity contribution in [2.24, 2.45) is 0 Å². The topological polar surface area (TPSA) is 79.2 Å². The van der Waals surface area contributed by atoms with E-state index in [2.05, 4.69) is 29.1 Å². The Balaban J connectivity index is 1.76. The number of hydrazine groups is 1. The minimum atomic E-state index is -4.48. The first-order valence-corrected chi connectivity index (χ1v) is 11.2. The van der Waals surface area contributed by atoms with Crippen molar-refractivity contribution in [2.75, 3.05) is 5.43 Å².